The topological polar surface area (TPSA) is 55.4 Å². The van der Waals surface area contributed by atoms with Gasteiger partial charge in [0, 0.05) is 5.56 Å². The minimum Gasteiger partial charge on any atom is -0.428 e. The predicted octanol–water partition coefficient (Wildman–Crippen LogP) is 4.56. The van der Waals surface area contributed by atoms with Crippen LogP contribution < -0.4 is 10.1 Å². The molecule has 4 nitrogen and oxygen atoms in total. The van der Waals surface area contributed by atoms with E-state index >= 15 is 0 Å². The summed E-state index contributed by atoms with van der Waals surface area (Å²) in [6.07, 6.45) is 0. The predicted molar refractivity (Wildman–Crippen MR) is 92.8 cm³/mol. The lowest BCUT2D eigenvalue weighted by Gasteiger charge is -2.12. The van der Waals surface area contributed by atoms with Crippen LogP contribution in [-0.2, 0) is 4.79 Å². The highest BCUT2D eigenvalue weighted by Crippen LogP contribution is 2.30. The summed E-state index contributed by atoms with van der Waals surface area (Å²) in [4.78, 5) is 22.8. The van der Waals surface area contributed by atoms with Crippen LogP contribution in [0.2, 0.25) is 0 Å². The minimum atomic E-state index is -1.07. The van der Waals surface area contributed by atoms with E-state index in [0.717, 1.165) is 12.1 Å². The van der Waals surface area contributed by atoms with Gasteiger partial charge in [0.1, 0.15) is 28.9 Å². The van der Waals surface area contributed by atoms with Crippen LogP contribution >= 0.6 is 0 Å². The van der Waals surface area contributed by atoms with E-state index < -0.39 is 29.0 Å². The molecule has 0 spiro atoms. The van der Waals surface area contributed by atoms with Crippen molar-refractivity contribution in [2.45, 2.75) is 0 Å². The molecule has 0 heterocycles. The molecule has 1 N–H and O–H groups in total. The zero-order valence-electron chi connectivity index (χ0n) is 13.7. The van der Waals surface area contributed by atoms with Gasteiger partial charge in [-0.3, -0.25) is 9.59 Å². The number of rotatable bonds is 5. The van der Waals surface area contributed by atoms with Crippen LogP contribution in [0.4, 0.5) is 18.9 Å². The van der Waals surface area contributed by atoms with Gasteiger partial charge in [0.15, 0.2) is 0 Å². The Bertz CT molecular complexity index is 998. The van der Waals surface area contributed by atoms with Crippen LogP contribution in [0.5, 0.6) is 5.75 Å². The average Bonchev–Trinajstić information content (AvgIpc) is 2.65. The smallest absolute Gasteiger partial charge is 0.298 e. The molecule has 0 aromatic heterocycles. The van der Waals surface area contributed by atoms with Crippen LogP contribution in [0, 0.1) is 17.5 Å². The molecule has 7 heteroatoms. The van der Waals surface area contributed by atoms with Crippen molar-refractivity contribution in [2.75, 3.05) is 5.32 Å². The minimum absolute atomic E-state index is 0.00853. The number of carbonyl (C=O) groups is 2. The van der Waals surface area contributed by atoms with Crippen molar-refractivity contribution in [3.63, 3.8) is 0 Å². The molecule has 0 radical (unpaired) electrons. The molecule has 0 aliphatic rings. The quantitative estimate of drug-likeness (QED) is 0.669. The van der Waals surface area contributed by atoms with E-state index in [4.69, 9.17) is 0 Å². The fourth-order valence-corrected chi connectivity index (χ4v) is 2.53. The van der Waals surface area contributed by atoms with E-state index in [-0.39, 0.29) is 28.9 Å². The maximum atomic E-state index is 14.4. The van der Waals surface area contributed by atoms with E-state index in [1.165, 1.54) is 48.5 Å². The Balaban J connectivity index is 1.94. The molecule has 0 unspecified atom stereocenters. The molecule has 0 aliphatic carbocycles. The van der Waals surface area contributed by atoms with Gasteiger partial charge in [-0.2, -0.15) is 0 Å². The van der Waals surface area contributed by atoms with Gasteiger partial charge in [0.25, 0.3) is 12.4 Å². The monoisotopic (exact) mass is 371 g/mol. The van der Waals surface area contributed by atoms with Crippen molar-refractivity contribution in [1.29, 1.82) is 0 Å². The van der Waals surface area contributed by atoms with Gasteiger partial charge in [0.2, 0.25) is 0 Å². The lowest BCUT2D eigenvalue weighted by Crippen LogP contribution is -2.15. The number of anilines is 1. The van der Waals surface area contributed by atoms with E-state index in [2.05, 4.69) is 10.1 Å². The van der Waals surface area contributed by atoms with Crippen molar-refractivity contribution >= 4 is 18.1 Å². The van der Waals surface area contributed by atoms with Crippen molar-refractivity contribution in [2.24, 2.45) is 0 Å². The first-order valence-corrected chi connectivity index (χ1v) is 7.76. The summed E-state index contributed by atoms with van der Waals surface area (Å²) in [5.41, 5.74) is -0.758. The number of hydrogen-bond donors (Lipinski definition) is 1. The lowest BCUT2D eigenvalue weighted by molar-refractivity contribution is -0.120. The van der Waals surface area contributed by atoms with Crippen molar-refractivity contribution in [3.05, 3.63) is 83.7 Å². The van der Waals surface area contributed by atoms with Gasteiger partial charge in [-0.05, 0) is 35.9 Å². The number of carbonyl (C=O) groups excluding carboxylic acids is 2. The molecule has 3 aromatic carbocycles. The summed E-state index contributed by atoms with van der Waals surface area (Å²) in [5.74, 6) is -3.71. The number of amides is 1. The molecule has 0 bridgehead atoms. The average molecular weight is 371 g/mol. The molecule has 1 amide bonds. The third-order valence-electron chi connectivity index (χ3n) is 3.77. The third kappa shape index (κ3) is 3.82. The number of halogens is 3. The second kappa shape index (κ2) is 7.74. The van der Waals surface area contributed by atoms with Crippen molar-refractivity contribution in [1.82, 2.24) is 0 Å². The maximum Gasteiger partial charge on any atom is 0.298 e. The molecule has 136 valence electrons. The molecule has 3 rings (SSSR count). The largest absolute Gasteiger partial charge is 0.428 e. The van der Waals surface area contributed by atoms with Gasteiger partial charge >= 0.3 is 0 Å². The summed E-state index contributed by atoms with van der Waals surface area (Å²) < 4.78 is 47.3. The summed E-state index contributed by atoms with van der Waals surface area (Å²) in [6.45, 7) is 0.135. The van der Waals surface area contributed by atoms with Crippen LogP contribution in [0.25, 0.3) is 11.1 Å². The number of hydrogen-bond acceptors (Lipinski definition) is 3. The Labute approximate surface area is 152 Å². The zero-order valence-corrected chi connectivity index (χ0v) is 13.7. The fraction of sp³-hybridized carbons (Fsp3) is 0. The van der Waals surface area contributed by atoms with Gasteiger partial charge in [0.05, 0.1) is 5.56 Å². The molecular formula is C20H12F3NO3. The highest BCUT2D eigenvalue weighted by Gasteiger charge is 2.19. The Morgan fingerprint density at radius 1 is 0.889 bits per heavy atom. The molecule has 27 heavy (non-hydrogen) atoms. The van der Waals surface area contributed by atoms with Crippen molar-refractivity contribution in [3.8, 4) is 16.9 Å². The Kier molecular flexibility index (Phi) is 5.21. The second-order valence-corrected chi connectivity index (χ2v) is 5.46. The summed E-state index contributed by atoms with van der Waals surface area (Å²) in [5, 5.41) is 2.11. The summed E-state index contributed by atoms with van der Waals surface area (Å²) in [6, 6.07) is 13.1. The fourth-order valence-electron chi connectivity index (χ4n) is 2.53. The van der Waals surface area contributed by atoms with Gasteiger partial charge in [-0.1, -0.05) is 30.3 Å². The number of nitrogens with one attached hydrogen (secondary N) is 1. The van der Waals surface area contributed by atoms with E-state index in [0.29, 0.717) is 0 Å². The summed E-state index contributed by atoms with van der Waals surface area (Å²) in [7, 11) is 0. The molecule has 0 fully saturated rings. The van der Waals surface area contributed by atoms with E-state index in [1.807, 2.05) is 0 Å². The SMILES string of the molecule is O=COc1ccccc1C(=O)Nc1c(F)cc(-c2ccccc2F)cc1F. The van der Waals surface area contributed by atoms with Crippen LogP contribution in [0.1, 0.15) is 10.4 Å². The van der Waals surface area contributed by atoms with Gasteiger partial charge in [-0.15, -0.1) is 0 Å². The molecule has 0 atom stereocenters. The first-order chi connectivity index (χ1) is 13.0. The molecule has 3 aromatic rings. The Morgan fingerprint density at radius 2 is 1.52 bits per heavy atom. The highest BCUT2D eigenvalue weighted by atomic mass is 19.1. The Morgan fingerprint density at radius 3 is 2.19 bits per heavy atom. The number of para-hydroxylation sites is 1. The Hall–Kier alpha value is -3.61. The number of ether oxygens (including phenoxy) is 1. The van der Waals surface area contributed by atoms with Crippen molar-refractivity contribution < 1.29 is 27.5 Å². The lowest BCUT2D eigenvalue weighted by atomic mass is 10.0. The van der Waals surface area contributed by atoms with Gasteiger partial charge in [-0.25, -0.2) is 13.2 Å². The van der Waals surface area contributed by atoms with E-state index in [9.17, 15) is 22.8 Å². The molecule has 0 saturated heterocycles. The van der Waals surface area contributed by atoms with E-state index in [1.54, 1.807) is 0 Å². The normalized spacial score (nSPS) is 10.3. The summed E-state index contributed by atoms with van der Waals surface area (Å²) >= 11 is 0. The maximum absolute atomic E-state index is 14.4. The molecular weight excluding hydrogens is 359 g/mol. The standard InChI is InChI=1S/C20H12F3NO3/c21-15-7-3-1-5-13(15)12-9-16(22)19(17(23)10-12)24-20(26)14-6-2-4-8-18(14)27-11-25/h1-11H,(H,24,26). The third-order valence-corrected chi connectivity index (χ3v) is 3.77. The van der Waals surface area contributed by atoms with Gasteiger partial charge < -0.3 is 10.1 Å². The van der Waals surface area contributed by atoms with Crippen LogP contribution in [0.15, 0.2) is 60.7 Å². The first-order valence-electron chi connectivity index (χ1n) is 7.76. The van der Waals surface area contributed by atoms with Crippen LogP contribution in [0.3, 0.4) is 0 Å². The molecule has 0 saturated carbocycles. The highest BCUT2D eigenvalue weighted by molar-refractivity contribution is 6.06. The molecule has 0 aliphatic heterocycles. The second-order valence-electron chi connectivity index (χ2n) is 5.46. The van der Waals surface area contributed by atoms with Crippen LogP contribution in [-0.4, -0.2) is 12.4 Å². The number of benzene rings is 3. The first kappa shape index (κ1) is 18.2. The zero-order chi connectivity index (χ0) is 19.4.